The van der Waals surface area contributed by atoms with E-state index in [-0.39, 0.29) is 13.1 Å². The molecule has 0 atom stereocenters. The van der Waals surface area contributed by atoms with Crippen LogP contribution >= 0.6 is 0 Å². The summed E-state index contributed by atoms with van der Waals surface area (Å²) in [4.78, 5) is 50.5. The number of ketones is 1. The summed E-state index contributed by atoms with van der Waals surface area (Å²) in [7, 11) is 0. The molecule has 0 saturated carbocycles. The number of anilines is 1. The summed E-state index contributed by atoms with van der Waals surface area (Å²) in [6.07, 6.45) is -4.67. The van der Waals surface area contributed by atoms with Gasteiger partial charge in [0.15, 0.2) is 6.61 Å². The largest absolute Gasteiger partial charge is 0.454 e. The first-order chi connectivity index (χ1) is 16.0. The minimum Gasteiger partial charge on any atom is -0.454 e. The quantitative estimate of drug-likeness (QED) is 0.415. The summed E-state index contributed by atoms with van der Waals surface area (Å²) in [5.41, 5.74) is 3.00. The van der Waals surface area contributed by atoms with Gasteiger partial charge in [0.25, 0.3) is 5.56 Å². The van der Waals surface area contributed by atoms with Crippen LogP contribution in [0.15, 0.2) is 64.2 Å². The number of esters is 1. The van der Waals surface area contributed by atoms with Gasteiger partial charge in [-0.1, -0.05) is 36.4 Å². The number of nitrogens with zero attached hydrogens (tertiary/aromatic N) is 2. The first-order valence-corrected chi connectivity index (χ1v) is 10.1. The van der Waals surface area contributed by atoms with Crippen molar-refractivity contribution in [1.82, 2.24) is 9.13 Å². The van der Waals surface area contributed by atoms with E-state index in [4.69, 9.17) is 10.5 Å². The van der Waals surface area contributed by atoms with Crippen molar-refractivity contribution in [3.05, 3.63) is 97.7 Å². The number of carbonyl (C=O) groups is 2. The highest BCUT2D eigenvalue weighted by molar-refractivity contribution is 6.02. The molecular weight excluding hydrogens is 455 g/mol. The van der Waals surface area contributed by atoms with E-state index in [0.717, 1.165) is 27.3 Å². The second-order valence-corrected chi connectivity index (χ2v) is 7.24. The van der Waals surface area contributed by atoms with Gasteiger partial charge in [-0.2, -0.15) is 13.2 Å². The molecule has 3 aromatic rings. The Kier molecular flexibility index (Phi) is 7.04. The van der Waals surface area contributed by atoms with E-state index in [1.807, 2.05) is 0 Å². The molecule has 3 rings (SSSR count). The second-order valence-electron chi connectivity index (χ2n) is 7.24. The minimum atomic E-state index is -4.67. The summed E-state index contributed by atoms with van der Waals surface area (Å²) in [6, 6.07) is 12.2. The fourth-order valence-electron chi connectivity index (χ4n) is 3.28. The minimum absolute atomic E-state index is 0.0178. The molecule has 0 bridgehead atoms. The lowest BCUT2D eigenvalue weighted by Gasteiger charge is -2.16. The van der Waals surface area contributed by atoms with Gasteiger partial charge in [-0.3, -0.25) is 18.7 Å². The van der Waals surface area contributed by atoms with Gasteiger partial charge in [0.05, 0.1) is 17.7 Å². The molecule has 0 fully saturated rings. The normalized spacial score (nSPS) is 11.3. The molecular formula is C23H20F3N3O5. The predicted molar refractivity (Wildman–Crippen MR) is 117 cm³/mol. The van der Waals surface area contributed by atoms with Crippen molar-refractivity contribution in [2.75, 3.05) is 12.3 Å². The van der Waals surface area contributed by atoms with Crippen LogP contribution in [0.1, 0.15) is 38.8 Å². The van der Waals surface area contributed by atoms with Crippen molar-refractivity contribution in [3.8, 4) is 0 Å². The topological polar surface area (TPSA) is 113 Å². The summed E-state index contributed by atoms with van der Waals surface area (Å²) < 4.78 is 45.3. The maximum Gasteiger partial charge on any atom is 0.416 e. The van der Waals surface area contributed by atoms with Crippen molar-refractivity contribution in [2.45, 2.75) is 26.2 Å². The average Bonchev–Trinajstić information content (AvgIpc) is 2.81. The number of nitrogen functional groups attached to an aromatic ring is 1. The summed E-state index contributed by atoms with van der Waals surface area (Å²) in [6.45, 7) is 0.517. The Morgan fingerprint density at radius 3 is 2.29 bits per heavy atom. The van der Waals surface area contributed by atoms with E-state index in [2.05, 4.69) is 0 Å². The van der Waals surface area contributed by atoms with Gasteiger partial charge < -0.3 is 10.5 Å². The van der Waals surface area contributed by atoms with E-state index in [9.17, 15) is 32.3 Å². The maximum absolute atomic E-state index is 12.9. The van der Waals surface area contributed by atoms with Crippen LogP contribution in [0.25, 0.3) is 0 Å². The SMILES string of the molecule is CCn1c(=O)c(C(=O)COC(=O)c2cccc(C(F)(F)F)c2)c(N)n(Cc2ccccc2)c1=O. The molecule has 0 aliphatic carbocycles. The summed E-state index contributed by atoms with van der Waals surface area (Å²) >= 11 is 0. The first kappa shape index (κ1) is 24.5. The molecule has 0 spiro atoms. The van der Waals surface area contributed by atoms with Gasteiger partial charge in [-0.05, 0) is 30.7 Å². The highest BCUT2D eigenvalue weighted by Crippen LogP contribution is 2.29. The molecule has 0 aliphatic heterocycles. The number of halogens is 3. The van der Waals surface area contributed by atoms with Crippen molar-refractivity contribution in [1.29, 1.82) is 0 Å². The van der Waals surface area contributed by atoms with E-state index in [0.29, 0.717) is 11.6 Å². The number of ether oxygens (including phenoxy) is 1. The Morgan fingerprint density at radius 1 is 1.00 bits per heavy atom. The zero-order chi connectivity index (χ0) is 25.0. The van der Waals surface area contributed by atoms with Gasteiger partial charge >= 0.3 is 17.8 Å². The molecule has 34 heavy (non-hydrogen) atoms. The first-order valence-electron chi connectivity index (χ1n) is 10.1. The lowest BCUT2D eigenvalue weighted by atomic mass is 10.1. The number of Topliss-reactive ketones (excluding diaryl/α,β-unsaturated/α-hetero) is 1. The highest BCUT2D eigenvalue weighted by Gasteiger charge is 2.31. The number of nitrogens with two attached hydrogens (primary N) is 1. The van der Waals surface area contributed by atoms with Crippen molar-refractivity contribution in [2.24, 2.45) is 0 Å². The third-order valence-corrected chi connectivity index (χ3v) is 5.01. The third kappa shape index (κ3) is 5.08. The van der Waals surface area contributed by atoms with E-state index < -0.39 is 58.3 Å². The molecule has 1 aromatic heterocycles. The Bertz CT molecular complexity index is 1340. The number of carbonyl (C=O) groups excluding carboxylic acids is 2. The monoisotopic (exact) mass is 475 g/mol. The zero-order valence-electron chi connectivity index (χ0n) is 18.0. The van der Waals surface area contributed by atoms with Gasteiger partial charge in [0.2, 0.25) is 5.78 Å². The Hall–Kier alpha value is -4.15. The number of hydrogen-bond acceptors (Lipinski definition) is 6. The van der Waals surface area contributed by atoms with Crippen LogP contribution in [-0.2, 0) is 24.0 Å². The van der Waals surface area contributed by atoms with Crippen molar-refractivity contribution in [3.63, 3.8) is 0 Å². The highest BCUT2D eigenvalue weighted by atomic mass is 19.4. The lowest BCUT2D eigenvalue weighted by molar-refractivity contribution is -0.137. The molecule has 0 amide bonds. The molecule has 2 aromatic carbocycles. The lowest BCUT2D eigenvalue weighted by Crippen LogP contribution is -2.44. The zero-order valence-corrected chi connectivity index (χ0v) is 18.0. The van der Waals surface area contributed by atoms with E-state index >= 15 is 0 Å². The summed E-state index contributed by atoms with van der Waals surface area (Å²) in [5.74, 6) is -2.58. The van der Waals surface area contributed by atoms with Crippen LogP contribution in [0, 0.1) is 0 Å². The Labute approximate surface area is 191 Å². The van der Waals surface area contributed by atoms with Crippen molar-refractivity contribution < 1.29 is 27.5 Å². The molecule has 0 radical (unpaired) electrons. The standard InChI is InChI=1S/C23H20F3N3O5/c1-2-28-20(31)18(19(27)29(22(28)33)12-14-7-4-3-5-8-14)17(30)13-34-21(32)15-9-6-10-16(11-15)23(24,25)26/h3-11H,2,12-13,27H2,1H3. The fourth-order valence-corrected chi connectivity index (χ4v) is 3.28. The number of aromatic nitrogens is 2. The molecule has 0 unspecified atom stereocenters. The maximum atomic E-state index is 12.9. The number of hydrogen-bond donors (Lipinski definition) is 1. The molecule has 11 heteroatoms. The molecule has 2 N–H and O–H groups in total. The van der Waals surface area contributed by atoms with Crippen LogP contribution < -0.4 is 17.0 Å². The van der Waals surface area contributed by atoms with Crippen LogP contribution in [0.4, 0.5) is 19.0 Å². The predicted octanol–water partition coefficient (Wildman–Crippen LogP) is 2.72. The number of rotatable bonds is 7. The fraction of sp³-hybridized carbons (Fsp3) is 0.217. The van der Waals surface area contributed by atoms with Gasteiger partial charge in [0.1, 0.15) is 11.4 Å². The van der Waals surface area contributed by atoms with Crippen LogP contribution in [0.2, 0.25) is 0 Å². The molecule has 178 valence electrons. The van der Waals surface area contributed by atoms with Gasteiger partial charge in [0, 0.05) is 6.54 Å². The average molecular weight is 475 g/mol. The smallest absolute Gasteiger partial charge is 0.416 e. The number of benzene rings is 2. The van der Waals surface area contributed by atoms with E-state index in [1.165, 1.54) is 6.92 Å². The van der Waals surface area contributed by atoms with Crippen LogP contribution in [0.5, 0.6) is 0 Å². The third-order valence-electron chi connectivity index (χ3n) is 5.01. The van der Waals surface area contributed by atoms with E-state index in [1.54, 1.807) is 30.3 Å². The second kappa shape index (κ2) is 9.77. The molecule has 8 nitrogen and oxygen atoms in total. The summed E-state index contributed by atoms with van der Waals surface area (Å²) in [5, 5.41) is 0. The van der Waals surface area contributed by atoms with Crippen LogP contribution in [0.3, 0.4) is 0 Å². The Balaban J connectivity index is 1.90. The molecule has 1 heterocycles. The molecule has 0 saturated heterocycles. The van der Waals surface area contributed by atoms with Crippen molar-refractivity contribution >= 4 is 17.6 Å². The van der Waals surface area contributed by atoms with Crippen LogP contribution in [-0.4, -0.2) is 27.5 Å². The molecule has 0 aliphatic rings. The number of alkyl halides is 3. The Morgan fingerprint density at radius 2 is 1.68 bits per heavy atom. The van der Waals surface area contributed by atoms with Gasteiger partial charge in [-0.25, -0.2) is 9.59 Å². The van der Waals surface area contributed by atoms with Gasteiger partial charge in [-0.15, -0.1) is 0 Å².